The smallest absolute Gasteiger partial charge is 0.421 e. The molecule has 1 amide bonds. The largest absolute Gasteiger partial charge is 0.508 e. The molecule has 6 heteroatoms. The van der Waals surface area contributed by atoms with E-state index in [9.17, 15) is 9.90 Å². The SMILES string of the molecule is CC(C)CN(NCCc1cc(Cl)ccc1O)C(=O)O. The van der Waals surface area contributed by atoms with Crippen LogP contribution in [-0.2, 0) is 6.42 Å². The number of carbonyl (C=O) groups is 1. The Kier molecular flexibility index (Phi) is 5.92. The molecule has 0 heterocycles. The van der Waals surface area contributed by atoms with Gasteiger partial charge in [0.05, 0.1) is 0 Å². The number of hydrogen-bond acceptors (Lipinski definition) is 3. The monoisotopic (exact) mass is 286 g/mol. The molecule has 0 aliphatic carbocycles. The van der Waals surface area contributed by atoms with Crippen LogP contribution in [0.25, 0.3) is 0 Å². The van der Waals surface area contributed by atoms with Crippen molar-refractivity contribution in [2.75, 3.05) is 13.1 Å². The summed E-state index contributed by atoms with van der Waals surface area (Å²) in [4.78, 5) is 11.0. The van der Waals surface area contributed by atoms with Gasteiger partial charge in [-0.05, 0) is 36.1 Å². The first-order valence-corrected chi connectivity index (χ1v) is 6.49. The standard InChI is InChI=1S/C13H19ClN2O3/c1-9(2)8-16(13(18)19)15-6-5-10-7-11(14)3-4-12(10)17/h3-4,7,9,15,17H,5-6,8H2,1-2H3,(H,18,19). The van der Waals surface area contributed by atoms with Gasteiger partial charge in [0.1, 0.15) is 5.75 Å². The van der Waals surface area contributed by atoms with Crippen LogP contribution in [0.15, 0.2) is 18.2 Å². The molecule has 0 saturated carbocycles. The second-order valence-electron chi connectivity index (χ2n) is 4.72. The van der Waals surface area contributed by atoms with Crippen LogP contribution in [-0.4, -0.2) is 34.4 Å². The normalized spacial score (nSPS) is 10.7. The first kappa shape index (κ1) is 15.6. The van der Waals surface area contributed by atoms with Gasteiger partial charge in [0.2, 0.25) is 0 Å². The Balaban J connectivity index is 2.52. The fourth-order valence-corrected chi connectivity index (χ4v) is 1.85. The minimum atomic E-state index is -1.01. The quantitative estimate of drug-likeness (QED) is 0.703. The van der Waals surface area contributed by atoms with Crippen LogP contribution in [0.5, 0.6) is 5.75 Å². The van der Waals surface area contributed by atoms with Crippen molar-refractivity contribution in [3.05, 3.63) is 28.8 Å². The number of rotatable bonds is 6. The fourth-order valence-electron chi connectivity index (χ4n) is 1.66. The van der Waals surface area contributed by atoms with Gasteiger partial charge < -0.3 is 10.2 Å². The molecule has 3 N–H and O–H groups in total. The van der Waals surface area contributed by atoms with Crippen molar-refractivity contribution in [3.63, 3.8) is 0 Å². The second-order valence-corrected chi connectivity index (χ2v) is 5.15. The summed E-state index contributed by atoms with van der Waals surface area (Å²) in [5, 5.41) is 20.4. The molecule has 0 unspecified atom stereocenters. The van der Waals surface area contributed by atoms with E-state index in [2.05, 4.69) is 5.43 Å². The maximum absolute atomic E-state index is 11.0. The van der Waals surface area contributed by atoms with Gasteiger partial charge >= 0.3 is 6.09 Å². The molecule has 0 radical (unpaired) electrons. The molecule has 0 bridgehead atoms. The van der Waals surface area contributed by atoms with E-state index in [-0.39, 0.29) is 11.7 Å². The van der Waals surface area contributed by atoms with Gasteiger partial charge in [-0.1, -0.05) is 25.4 Å². The summed E-state index contributed by atoms with van der Waals surface area (Å²) in [7, 11) is 0. The highest BCUT2D eigenvalue weighted by molar-refractivity contribution is 6.30. The molecule has 0 aliphatic heterocycles. The van der Waals surface area contributed by atoms with Crippen LogP contribution in [0.1, 0.15) is 19.4 Å². The summed E-state index contributed by atoms with van der Waals surface area (Å²) >= 11 is 5.84. The molecule has 5 nitrogen and oxygen atoms in total. The van der Waals surface area contributed by atoms with E-state index in [1.165, 1.54) is 6.07 Å². The van der Waals surface area contributed by atoms with E-state index in [1.54, 1.807) is 12.1 Å². The van der Waals surface area contributed by atoms with Crippen molar-refractivity contribution >= 4 is 17.7 Å². The Labute approximate surface area is 117 Å². The van der Waals surface area contributed by atoms with E-state index < -0.39 is 6.09 Å². The van der Waals surface area contributed by atoms with E-state index in [0.717, 1.165) is 5.01 Å². The third kappa shape index (κ3) is 5.36. The minimum absolute atomic E-state index is 0.164. The van der Waals surface area contributed by atoms with Gasteiger partial charge in [0.15, 0.2) is 0 Å². The highest BCUT2D eigenvalue weighted by Crippen LogP contribution is 2.21. The lowest BCUT2D eigenvalue weighted by atomic mass is 10.1. The lowest BCUT2D eigenvalue weighted by Crippen LogP contribution is -2.44. The number of phenols is 1. The van der Waals surface area contributed by atoms with Crippen LogP contribution in [0.4, 0.5) is 4.79 Å². The zero-order valence-electron chi connectivity index (χ0n) is 11.1. The number of phenolic OH excluding ortho intramolecular Hbond substituents is 1. The number of carboxylic acid groups (broad SMARTS) is 1. The van der Waals surface area contributed by atoms with Crippen molar-refractivity contribution < 1.29 is 15.0 Å². The number of nitrogens with one attached hydrogen (secondary N) is 1. The number of benzene rings is 1. The number of aromatic hydroxyl groups is 1. The molecule has 0 atom stereocenters. The highest BCUT2D eigenvalue weighted by Gasteiger charge is 2.12. The van der Waals surface area contributed by atoms with Crippen LogP contribution in [0.2, 0.25) is 5.02 Å². The van der Waals surface area contributed by atoms with Crippen LogP contribution >= 0.6 is 11.6 Å². The lowest BCUT2D eigenvalue weighted by Gasteiger charge is -2.22. The molecule has 1 rings (SSSR count). The van der Waals surface area contributed by atoms with Crippen LogP contribution in [0, 0.1) is 5.92 Å². The molecule has 1 aromatic carbocycles. The summed E-state index contributed by atoms with van der Waals surface area (Å²) in [5.74, 6) is 0.403. The minimum Gasteiger partial charge on any atom is -0.508 e. The van der Waals surface area contributed by atoms with Gasteiger partial charge in [-0.25, -0.2) is 15.2 Å². The molecule has 0 saturated heterocycles. The number of hydrazine groups is 1. The first-order chi connectivity index (χ1) is 8.90. The highest BCUT2D eigenvalue weighted by atomic mass is 35.5. The Hall–Kier alpha value is -1.46. The Morgan fingerprint density at radius 3 is 2.74 bits per heavy atom. The predicted molar refractivity (Wildman–Crippen MR) is 74.4 cm³/mol. The number of nitrogens with zero attached hydrogens (tertiary/aromatic N) is 1. The van der Waals surface area contributed by atoms with Gasteiger partial charge in [0.25, 0.3) is 0 Å². The summed E-state index contributed by atoms with van der Waals surface area (Å²) < 4.78 is 0. The van der Waals surface area contributed by atoms with E-state index in [4.69, 9.17) is 16.7 Å². The number of halogens is 1. The van der Waals surface area contributed by atoms with E-state index in [0.29, 0.717) is 30.1 Å². The second kappa shape index (κ2) is 7.21. The Morgan fingerprint density at radius 1 is 1.47 bits per heavy atom. The fraction of sp³-hybridized carbons (Fsp3) is 0.462. The van der Waals surface area contributed by atoms with E-state index in [1.807, 2.05) is 13.8 Å². The molecular formula is C13H19ClN2O3. The van der Waals surface area contributed by atoms with Gasteiger partial charge in [0, 0.05) is 18.1 Å². The third-order valence-electron chi connectivity index (χ3n) is 2.52. The average molecular weight is 287 g/mol. The summed E-state index contributed by atoms with van der Waals surface area (Å²) in [5.41, 5.74) is 3.51. The first-order valence-electron chi connectivity index (χ1n) is 6.11. The van der Waals surface area contributed by atoms with Crippen molar-refractivity contribution in [2.45, 2.75) is 20.3 Å². The van der Waals surface area contributed by atoms with Crippen LogP contribution in [0.3, 0.4) is 0 Å². The molecule has 0 aromatic heterocycles. The lowest BCUT2D eigenvalue weighted by molar-refractivity contribution is 0.113. The third-order valence-corrected chi connectivity index (χ3v) is 2.75. The molecule has 19 heavy (non-hydrogen) atoms. The number of amides is 1. The van der Waals surface area contributed by atoms with Crippen molar-refractivity contribution in [3.8, 4) is 5.75 Å². The average Bonchev–Trinajstić information content (AvgIpc) is 2.31. The van der Waals surface area contributed by atoms with Crippen molar-refractivity contribution in [1.29, 1.82) is 0 Å². The predicted octanol–water partition coefficient (Wildman–Crippen LogP) is 2.73. The summed E-state index contributed by atoms with van der Waals surface area (Å²) in [6.45, 7) is 4.71. The van der Waals surface area contributed by atoms with Gasteiger partial charge in [-0.2, -0.15) is 0 Å². The Bertz CT molecular complexity index is 438. The van der Waals surface area contributed by atoms with E-state index >= 15 is 0 Å². The molecule has 1 aromatic rings. The summed E-state index contributed by atoms with van der Waals surface area (Å²) in [6.07, 6.45) is -0.516. The van der Waals surface area contributed by atoms with Gasteiger partial charge in [-0.15, -0.1) is 0 Å². The van der Waals surface area contributed by atoms with Crippen LogP contribution < -0.4 is 5.43 Å². The molecule has 0 fully saturated rings. The van der Waals surface area contributed by atoms with Gasteiger partial charge in [-0.3, -0.25) is 0 Å². The van der Waals surface area contributed by atoms with Crippen molar-refractivity contribution in [1.82, 2.24) is 10.4 Å². The zero-order valence-corrected chi connectivity index (χ0v) is 11.8. The molecule has 106 valence electrons. The molecular weight excluding hydrogens is 268 g/mol. The Morgan fingerprint density at radius 2 is 2.16 bits per heavy atom. The topological polar surface area (TPSA) is 72.8 Å². The van der Waals surface area contributed by atoms with Crippen molar-refractivity contribution in [2.24, 2.45) is 5.92 Å². The molecule has 0 spiro atoms. The zero-order chi connectivity index (χ0) is 14.4. The maximum atomic E-state index is 11.0. The maximum Gasteiger partial charge on any atom is 0.421 e. The number of hydrogen-bond donors (Lipinski definition) is 3. The molecule has 0 aliphatic rings. The summed E-state index contributed by atoms with van der Waals surface area (Å²) in [6, 6.07) is 4.81.